The molecular formula is C15H21ClN2O2S. The zero-order valence-electron chi connectivity index (χ0n) is 12.3. The van der Waals surface area contributed by atoms with Gasteiger partial charge < -0.3 is 0 Å². The summed E-state index contributed by atoms with van der Waals surface area (Å²) >= 11 is 5.86. The first-order valence-electron chi connectivity index (χ1n) is 6.98. The van der Waals surface area contributed by atoms with Crippen molar-refractivity contribution < 1.29 is 8.42 Å². The van der Waals surface area contributed by atoms with Gasteiger partial charge in [0.05, 0.1) is 11.8 Å². The third kappa shape index (κ3) is 6.47. The topological polar surface area (TPSA) is 70.0 Å². The standard InChI is InChI=1S/C15H21ClN2O2S/c1-12(2)15(13-6-8-14(16)9-7-13)18-21(19,20)11-5-3-4-10-17/h6-9,12,15,18H,3-5,11H2,1-2H3/t15-/m1/s1. The van der Waals surface area contributed by atoms with Gasteiger partial charge in [-0.25, -0.2) is 13.1 Å². The highest BCUT2D eigenvalue weighted by atomic mass is 35.5. The van der Waals surface area contributed by atoms with Crippen LogP contribution in [0.15, 0.2) is 24.3 Å². The maximum Gasteiger partial charge on any atom is 0.212 e. The van der Waals surface area contributed by atoms with E-state index in [1.165, 1.54) is 0 Å². The second-order valence-corrected chi connectivity index (χ2v) is 7.64. The van der Waals surface area contributed by atoms with Gasteiger partial charge in [0.25, 0.3) is 0 Å². The molecule has 0 bridgehead atoms. The van der Waals surface area contributed by atoms with Crippen LogP contribution in [0.25, 0.3) is 0 Å². The average molecular weight is 329 g/mol. The van der Waals surface area contributed by atoms with Gasteiger partial charge in [0, 0.05) is 17.5 Å². The maximum absolute atomic E-state index is 12.1. The smallest absolute Gasteiger partial charge is 0.212 e. The number of hydrogen-bond donors (Lipinski definition) is 1. The number of unbranched alkanes of at least 4 members (excludes halogenated alkanes) is 2. The molecule has 0 heterocycles. The van der Waals surface area contributed by atoms with Gasteiger partial charge in [0.15, 0.2) is 0 Å². The highest BCUT2D eigenvalue weighted by Crippen LogP contribution is 2.24. The SMILES string of the molecule is CC(C)[C@@H](NS(=O)(=O)CCCCC#N)c1ccc(Cl)cc1. The molecule has 1 atom stereocenters. The molecule has 0 aliphatic rings. The Morgan fingerprint density at radius 3 is 2.38 bits per heavy atom. The number of benzene rings is 1. The van der Waals surface area contributed by atoms with Crippen molar-refractivity contribution in [2.24, 2.45) is 5.92 Å². The minimum atomic E-state index is -3.36. The normalized spacial score (nSPS) is 13.1. The van der Waals surface area contributed by atoms with Crippen molar-refractivity contribution in [1.29, 1.82) is 5.26 Å². The molecule has 0 spiro atoms. The van der Waals surface area contributed by atoms with Crippen LogP contribution in [0.5, 0.6) is 0 Å². The van der Waals surface area contributed by atoms with E-state index in [0.29, 0.717) is 24.3 Å². The molecule has 116 valence electrons. The van der Waals surface area contributed by atoms with Crippen LogP contribution in [-0.4, -0.2) is 14.2 Å². The van der Waals surface area contributed by atoms with Crippen LogP contribution in [0.4, 0.5) is 0 Å². The summed E-state index contributed by atoms with van der Waals surface area (Å²) in [5, 5.41) is 9.08. The quantitative estimate of drug-likeness (QED) is 0.740. The van der Waals surface area contributed by atoms with E-state index in [-0.39, 0.29) is 17.7 Å². The van der Waals surface area contributed by atoms with Crippen LogP contribution in [0.3, 0.4) is 0 Å². The summed E-state index contributed by atoms with van der Waals surface area (Å²) < 4.78 is 27.0. The Kier molecular flexibility index (Phi) is 7.16. The van der Waals surface area contributed by atoms with Crippen molar-refractivity contribution in [3.8, 4) is 6.07 Å². The number of nitrogens with one attached hydrogen (secondary N) is 1. The zero-order valence-corrected chi connectivity index (χ0v) is 13.9. The lowest BCUT2D eigenvalue weighted by molar-refractivity contribution is 0.462. The van der Waals surface area contributed by atoms with Crippen LogP contribution >= 0.6 is 11.6 Å². The molecule has 1 N–H and O–H groups in total. The van der Waals surface area contributed by atoms with Crippen molar-refractivity contribution in [3.05, 3.63) is 34.9 Å². The van der Waals surface area contributed by atoms with E-state index in [1.807, 2.05) is 32.0 Å². The molecule has 1 aromatic rings. The highest BCUT2D eigenvalue weighted by molar-refractivity contribution is 7.89. The Morgan fingerprint density at radius 2 is 1.86 bits per heavy atom. The molecule has 0 unspecified atom stereocenters. The van der Waals surface area contributed by atoms with E-state index in [1.54, 1.807) is 12.1 Å². The van der Waals surface area contributed by atoms with E-state index in [9.17, 15) is 8.42 Å². The molecule has 0 aliphatic heterocycles. The van der Waals surface area contributed by atoms with Crippen LogP contribution in [0.2, 0.25) is 5.02 Å². The lowest BCUT2D eigenvalue weighted by atomic mass is 9.97. The maximum atomic E-state index is 12.1. The molecule has 4 nitrogen and oxygen atoms in total. The van der Waals surface area contributed by atoms with Crippen molar-refractivity contribution in [2.75, 3.05) is 5.75 Å². The third-order valence-corrected chi connectivity index (χ3v) is 4.85. The monoisotopic (exact) mass is 328 g/mol. The second-order valence-electron chi connectivity index (χ2n) is 5.33. The first-order valence-corrected chi connectivity index (χ1v) is 9.01. The summed E-state index contributed by atoms with van der Waals surface area (Å²) in [5.41, 5.74) is 0.898. The molecule has 0 fully saturated rings. The fraction of sp³-hybridized carbons (Fsp3) is 0.533. The summed E-state index contributed by atoms with van der Waals surface area (Å²) in [6.45, 7) is 3.94. The Morgan fingerprint density at radius 1 is 1.24 bits per heavy atom. The summed E-state index contributed by atoms with van der Waals surface area (Å²) in [7, 11) is -3.36. The van der Waals surface area contributed by atoms with Crippen LogP contribution in [0.1, 0.15) is 44.7 Å². The van der Waals surface area contributed by atoms with Crippen molar-refractivity contribution >= 4 is 21.6 Å². The molecule has 0 aliphatic carbocycles. The molecular weight excluding hydrogens is 308 g/mol. The van der Waals surface area contributed by atoms with E-state index in [2.05, 4.69) is 4.72 Å². The molecule has 0 saturated heterocycles. The van der Waals surface area contributed by atoms with Gasteiger partial charge >= 0.3 is 0 Å². The number of halogens is 1. The summed E-state index contributed by atoms with van der Waals surface area (Å²) in [4.78, 5) is 0. The number of sulfonamides is 1. The Balaban J connectivity index is 2.74. The van der Waals surface area contributed by atoms with Gasteiger partial charge in [-0.3, -0.25) is 0 Å². The van der Waals surface area contributed by atoms with Gasteiger partial charge in [-0.1, -0.05) is 37.6 Å². The predicted molar refractivity (Wildman–Crippen MR) is 85.4 cm³/mol. The summed E-state index contributed by atoms with van der Waals surface area (Å²) in [6, 6.07) is 8.93. The first-order chi connectivity index (χ1) is 9.85. The van der Waals surface area contributed by atoms with E-state index in [4.69, 9.17) is 16.9 Å². The van der Waals surface area contributed by atoms with Gasteiger partial charge in [-0.05, 0) is 36.5 Å². The average Bonchev–Trinajstić information content (AvgIpc) is 2.42. The van der Waals surface area contributed by atoms with Crippen LogP contribution < -0.4 is 4.72 Å². The molecule has 6 heteroatoms. The fourth-order valence-corrected chi connectivity index (χ4v) is 3.63. The molecule has 0 saturated carbocycles. The number of nitrogens with zero attached hydrogens (tertiary/aromatic N) is 1. The second kappa shape index (κ2) is 8.38. The van der Waals surface area contributed by atoms with Crippen LogP contribution in [-0.2, 0) is 10.0 Å². The fourth-order valence-electron chi connectivity index (χ4n) is 2.01. The lowest BCUT2D eigenvalue weighted by Crippen LogP contribution is -2.33. The Bertz CT molecular complexity index is 577. The largest absolute Gasteiger partial charge is 0.212 e. The molecule has 1 rings (SSSR count). The van der Waals surface area contributed by atoms with Gasteiger partial charge in [0.2, 0.25) is 10.0 Å². The van der Waals surface area contributed by atoms with Crippen molar-refractivity contribution in [1.82, 2.24) is 4.72 Å². The third-order valence-electron chi connectivity index (χ3n) is 3.15. The van der Waals surface area contributed by atoms with Crippen molar-refractivity contribution in [2.45, 2.75) is 39.2 Å². The van der Waals surface area contributed by atoms with E-state index >= 15 is 0 Å². The number of rotatable bonds is 8. The summed E-state index contributed by atoms with van der Waals surface area (Å²) in [6.07, 6.45) is 1.49. The molecule has 0 amide bonds. The predicted octanol–water partition coefficient (Wildman–Crippen LogP) is 3.65. The Hall–Kier alpha value is -1.09. The molecule has 0 radical (unpaired) electrons. The molecule has 1 aromatic carbocycles. The number of nitriles is 1. The van der Waals surface area contributed by atoms with E-state index in [0.717, 1.165) is 5.56 Å². The van der Waals surface area contributed by atoms with E-state index < -0.39 is 10.0 Å². The van der Waals surface area contributed by atoms with Gasteiger partial charge in [-0.2, -0.15) is 5.26 Å². The van der Waals surface area contributed by atoms with Crippen LogP contribution in [0, 0.1) is 17.2 Å². The minimum absolute atomic E-state index is 0.0471. The first kappa shape index (κ1) is 18.0. The summed E-state index contributed by atoms with van der Waals surface area (Å²) in [5.74, 6) is 0.172. The molecule has 0 aromatic heterocycles. The Labute approximate surface area is 132 Å². The lowest BCUT2D eigenvalue weighted by Gasteiger charge is -2.23. The van der Waals surface area contributed by atoms with Crippen molar-refractivity contribution in [3.63, 3.8) is 0 Å². The van der Waals surface area contributed by atoms with Gasteiger partial charge in [-0.15, -0.1) is 0 Å². The van der Waals surface area contributed by atoms with Gasteiger partial charge in [0.1, 0.15) is 0 Å². The zero-order chi connectivity index (χ0) is 15.9. The number of hydrogen-bond acceptors (Lipinski definition) is 3. The minimum Gasteiger partial charge on any atom is -0.212 e. The highest BCUT2D eigenvalue weighted by Gasteiger charge is 2.22. The molecule has 21 heavy (non-hydrogen) atoms.